The topological polar surface area (TPSA) is 110 Å². The van der Waals surface area contributed by atoms with E-state index in [0.29, 0.717) is 48.2 Å². The summed E-state index contributed by atoms with van der Waals surface area (Å²) in [6.07, 6.45) is 7.30. The minimum absolute atomic E-state index is 0.0726. The second kappa shape index (κ2) is 14.0. The van der Waals surface area contributed by atoms with Gasteiger partial charge >= 0.3 is 0 Å². The van der Waals surface area contributed by atoms with Gasteiger partial charge in [-0.05, 0) is 56.0 Å². The number of hydrogen-bond acceptors (Lipinski definition) is 6. The van der Waals surface area contributed by atoms with Crippen LogP contribution in [0, 0.1) is 6.92 Å². The number of hydrogen-bond donors (Lipinski definition) is 2. The van der Waals surface area contributed by atoms with Crippen molar-refractivity contribution in [3.8, 4) is 11.5 Å². The summed E-state index contributed by atoms with van der Waals surface area (Å²) in [6.45, 7) is 2.84. The van der Waals surface area contributed by atoms with Gasteiger partial charge in [0.25, 0.3) is 0 Å². The van der Waals surface area contributed by atoms with Gasteiger partial charge in [0.2, 0.25) is 17.7 Å². The highest BCUT2D eigenvalue weighted by atomic mass is 16.6. The van der Waals surface area contributed by atoms with E-state index in [0.717, 1.165) is 31.2 Å². The zero-order valence-electron chi connectivity index (χ0n) is 24.0. The van der Waals surface area contributed by atoms with Crippen LogP contribution in [0.5, 0.6) is 11.5 Å². The molecule has 9 heteroatoms. The quantitative estimate of drug-likeness (QED) is 0.334. The van der Waals surface area contributed by atoms with E-state index in [-0.39, 0.29) is 36.6 Å². The normalized spacial score (nSPS) is 15.4. The summed E-state index contributed by atoms with van der Waals surface area (Å²) in [6, 6.07) is 17.5. The van der Waals surface area contributed by atoms with E-state index in [1.807, 2.05) is 31.2 Å². The van der Waals surface area contributed by atoms with Crippen LogP contribution in [0.2, 0.25) is 0 Å². The standard InChI is InChI=1S/C33H38N4O5/c1-23-13-15-24(16-14-23)32(33(40)35-25-8-3-2-4-9-25)37(26-17-18-27-28(22-26)42-21-20-41-27)31(39)12-7-11-30(38)36-29-10-5-6-19-34-29/h5-6,10,13-19,22,25,32H,2-4,7-9,11-12,20-21H2,1H3,(H,35,40)(H,34,36,38)/t32-/m1/s1. The number of benzene rings is 2. The predicted molar refractivity (Wildman–Crippen MR) is 161 cm³/mol. The van der Waals surface area contributed by atoms with Gasteiger partial charge in [-0.1, -0.05) is 55.2 Å². The van der Waals surface area contributed by atoms with Crippen molar-refractivity contribution < 1.29 is 23.9 Å². The molecule has 1 atom stereocenters. The monoisotopic (exact) mass is 570 g/mol. The Morgan fingerprint density at radius 1 is 0.929 bits per heavy atom. The lowest BCUT2D eigenvalue weighted by Gasteiger charge is -2.34. The molecule has 3 amide bonds. The average molecular weight is 571 g/mol. The Kier molecular flexibility index (Phi) is 9.69. The van der Waals surface area contributed by atoms with Crippen LogP contribution in [-0.4, -0.2) is 42.0 Å². The molecule has 0 bridgehead atoms. The molecule has 2 N–H and O–H groups in total. The van der Waals surface area contributed by atoms with Crippen LogP contribution >= 0.6 is 0 Å². The maximum atomic E-state index is 14.1. The molecule has 1 fully saturated rings. The van der Waals surface area contributed by atoms with Gasteiger partial charge in [0.15, 0.2) is 11.5 Å². The molecule has 0 radical (unpaired) electrons. The third-order valence-corrected chi connectivity index (χ3v) is 7.65. The van der Waals surface area contributed by atoms with Gasteiger partial charge in [0.1, 0.15) is 25.1 Å². The molecule has 3 aromatic rings. The molecule has 0 spiro atoms. The second-order valence-corrected chi connectivity index (χ2v) is 10.9. The molecule has 9 nitrogen and oxygen atoms in total. The Balaban J connectivity index is 1.42. The van der Waals surface area contributed by atoms with E-state index < -0.39 is 6.04 Å². The zero-order valence-corrected chi connectivity index (χ0v) is 24.0. The number of amides is 3. The highest BCUT2D eigenvalue weighted by Gasteiger charge is 2.34. The van der Waals surface area contributed by atoms with Crippen molar-refractivity contribution in [2.45, 2.75) is 70.4 Å². The van der Waals surface area contributed by atoms with Crippen molar-refractivity contribution in [1.82, 2.24) is 10.3 Å². The Morgan fingerprint density at radius 3 is 2.43 bits per heavy atom. The molecule has 2 aromatic carbocycles. The molecule has 1 saturated carbocycles. The number of aromatic nitrogens is 1. The lowest BCUT2D eigenvalue weighted by molar-refractivity contribution is -0.127. The first-order chi connectivity index (χ1) is 20.5. The molecule has 1 aliphatic heterocycles. The van der Waals surface area contributed by atoms with Gasteiger partial charge in [0, 0.05) is 36.8 Å². The lowest BCUT2D eigenvalue weighted by Crippen LogP contribution is -2.47. The predicted octanol–water partition coefficient (Wildman–Crippen LogP) is 5.49. The van der Waals surface area contributed by atoms with Gasteiger partial charge in [-0.2, -0.15) is 0 Å². The van der Waals surface area contributed by atoms with Crippen LogP contribution in [0.25, 0.3) is 0 Å². The van der Waals surface area contributed by atoms with Crippen LogP contribution in [-0.2, 0) is 14.4 Å². The number of rotatable bonds is 10. The minimum Gasteiger partial charge on any atom is -0.486 e. The molecule has 2 aliphatic rings. The van der Waals surface area contributed by atoms with Crippen LogP contribution in [0.1, 0.15) is 68.5 Å². The first-order valence-corrected chi connectivity index (χ1v) is 14.8. The molecular weight excluding hydrogens is 532 g/mol. The Bertz CT molecular complexity index is 1370. The number of carbonyl (C=O) groups excluding carboxylic acids is 3. The lowest BCUT2D eigenvalue weighted by atomic mass is 9.94. The number of pyridine rings is 1. The highest BCUT2D eigenvalue weighted by molar-refractivity contribution is 6.02. The number of nitrogens with one attached hydrogen (secondary N) is 2. The van der Waals surface area contributed by atoms with Gasteiger partial charge in [0.05, 0.1) is 0 Å². The van der Waals surface area contributed by atoms with Crippen molar-refractivity contribution in [3.63, 3.8) is 0 Å². The van der Waals surface area contributed by atoms with Crippen LogP contribution in [0.4, 0.5) is 11.5 Å². The fourth-order valence-corrected chi connectivity index (χ4v) is 5.48. The van der Waals surface area contributed by atoms with Crippen molar-refractivity contribution in [2.75, 3.05) is 23.4 Å². The molecular formula is C33H38N4O5. The van der Waals surface area contributed by atoms with E-state index in [1.165, 1.54) is 6.42 Å². The van der Waals surface area contributed by atoms with Crippen molar-refractivity contribution >= 4 is 29.2 Å². The Labute approximate surface area is 246 Å². The Hall–Kier alpha value is -4.40. The first-order valence-electron chi connectivity index (χ1n) is 14.8. The maximum absolute atomic E-state index is 14.1. The average Bonchev–Trinajstić information content (AvgIpc) is 3.01. The van der Waals surface area contributed by atoms with E-state index in [1.54, 1.807) is 47.5 Å². The number of anilines is 2. The number of aryl methyl sites for hydroxylation is 1. The summed E-state index contributed by atoms with van der Waals surface area (Å²) >= 11 is 0. The molecule has 1 aliphatic carbocycles. The van der Waals surface area contributed by atoms with E-state index in [4.69, 9.17) is 9.47 Å². The summed E-state index contributed by atoms with van der Waals surface area (Å²) in [7, 11) is 0. The maximum Gasteiger partial charge on any atom is 0.248 e. The van der Waals surface area contributed by atoms with Crippen LogP contribution in [0.15, 0.2) is 66.9 Å². The minimum atomic E-state index is -0.898. The number of carbonyl (C=O) groups is 3. The van der Waals surface area contributed by atoms with Crippen LogP contribution in [0.3, 0.4) is 0 Å². The molecule has 42 heavy (non-hydrogen) atoms. The summed E-state index contributed by atoms with van der Waals surface area (Å²) in [4.78, 5) is 46.3. The van der Waals surface area contributed by atoms with E-state index in [2.05, 4.69) is 15.6 Å². The number of fused-ring (bicyclic) bond motifs is 1. The van der Waals surface area contributed by atoms with Gasteiger partial charge in [-0.25, -0.2) is 4.98 Å². The summed E-state index contributed by atoms with van der Waals surface area (Å²) < 4.78 is 11.5. The summed E-state index contributed by atoms with van der Waals surface area (Å²) in [5, 5.41) is 6.00. The fourth-order valence-electron chi connectivity index (χ4n) is 5.48. The fraction of sp³-hybridized carbons (Fsp3) is 0.394. The third kappa shape index (κ3) is 7.46. The SMILES string of the molecule is Cc1ccc([C@H](C(=O)NC2CCCCC2)N(C(=O)CCCC(=O)Nc2ccccn2)c2ccc3c(c2)OCCO3)cc1. The molecule has 5 rings (SSSR count). The molecule has 2 heterocycles. The van der Waals surface area contributed by atoms with Crippen molar-refractivity contribution in [2.24, 2.45) is 0 Å². The van der Waals surface area contributed by atoms with Gasteiger partial charge < -0.3 is 20.1 Å². The number of ether oxygens (including phenoxy) is 2. The first kappa shape index (κ1) is 29.1. The summed E-state index contributed by atoms with van der Waals surface area (Å²) in [5.74, 6) is 0.885. The molecule has 0 saturated heterocycles. The third-order valence-electron chi connectivity index (χ3n) is 7.65. The molecule has 220 valence electrons. The van der Waals surface area contributed by atoms with Crippen molar-refractivity contribution in [3.05, 3.63) is 78.0 Å². The van der Waals surface area contributed by atoms with E-state index in [9.17, 15) is 14.4 Å². The zero-order chi connectivity index (χ0) is 29.3. The van der Waals surface area contributed by atoms with Gasteiger partial charge in [-0.3, -0.25) is 19.3 Å². The largest absolute Gasteiger partial charge is 0.486 e. The van der Waals surface area contributed by atoms with Crippen LogP contribution < -0.4 is 25.0 Å². The molecule has 0 unspecified atom stereocenters. The van der Waals surface area contributed by atoms with Crippen molar-refractivity contribution in [1.29, 1.82) is 0 Å². The van der Waals surface area contributed by atoms with E-state index >= 15 is 0 Å². The second-order valence-electron chi connectivity index (χ2n) is 10.9. The summed E-state index contributed by atoms with van der Waals surface area (Å²) in [5.41, 5.74) is 2.30. The molecule has 1 aromatic heterocycles. The highest BCUT2D eigenvalue weighted by Crippen LogP contribution is 2.38. The smallest absolute Gasteiger partial charge is 0.248 e. The van der Waals surface area contributed by atoms with Gasteiger partial charge in [-0.15, -0.1) is 0 Å². The Morgan fingerprint density at radius 2 is 1.69 bits per heavy atom. The number of nitrogens with zero attached hydrogens (tertiary/aromatic N) is 2.